The SMILES string of the molecule is N#Cc1c(Nc2ccccc2C(F)(F)F)sn(-c2ccc3[nH]ncc3c2)c1=O. The van der Waals surface area contributed by atoms with Crippen LogP contribution in [0.1, 0.15) is 11.1 Å². The lowest BCUT2D eigenvalue weighted by atomic mass is 10.1. The molecule has 0 unspecified atom stereocenters. The Morgan fingerprint density at radius 3 is 2.75 bits per heavy atom. The summed E-state index contributed by atoms with van der Waals surface area (Å²) in [6, 6.07) is 11.8. The number of nitriles is 1. The van der Waals surface area contributed by atoms with Crippen molar-refractivity contribution >= 4 is 33.1 Å². The average molecular weight is 401 g/mol. The predicted octanol–water partition coefficient (Wildman–Crippen LogP) is 4.41. The maximum Gasteiger partial charge on any atom is 0.418 e. The van der Waals surface area contributed by atoms with Gasteiger partial charge in [0.2, 0.25) is 0 Å². The van der Waals surface area contributed by atoms with Crippen molar-refractivity contribution in [3.05, 3.63) is 70.1 Å². The van der Waals surface area contributed by atoms with Crippen LogP contribution in [0.3, 0.4) is 0 Å². The molecule has 0 fully saturated rings. The second kappa shape index (κ2) is 6.54. The number of benzene rings is 2. The fourth-order valence-electron chi connectivity index (χ4n) is 2.75. The van der Waals surface area contributed by atoms with E-state index >= 15 is 0 Å². The molecule has 6 nitrogen and oxygen atoms in total. The molecule has 2 aromatic heterocycles. The molecule has 0 aliphatic carbocycles. The van der Waals surface area contributed by atoms with Gasteiger partial charge in [0.15, 0.2) is 5.56 Å². The largest absolute Gasteiger partial charge is 0.418 e. The number of halogens is 3. The highest BCUT2D eigenvalue weighted by molar-refractivity contribution is 7.11. The Labute approximate surface area is 159 Å². The van der Waals surface area contributed by atoms with E-state index in [0.29, 0.717) is 5.69 Å². The van der Waals surface area contributed by atoms with E-state index in [4.69, 9.17) is 0 Å². The summed E-state index contributed by atoms with van der Waals surface area (Å²) in [5.74, 6) is 0. The van der Waals surface area contributed by atoms with Crippen molar-refractivity contribution in [3.8, 4) is 11.8 Å². The summed E-state index contributed by atoms with van der Waals surface area (Å²) >= 11 is 0.862. The highest BCUT2D eigenvalue weighted by Gasteiger charge is 2.33. The number of nitrogens with one attached hydrogen (secondary N) is 2. The van der Waals surface area contributed by atoms with Gasteiger partial charge in [-0.05, 0) is 41.9 Å². The maximum atomic E-state index is 13.2. The van der Waals surface area contributed by atoms with Crippen LogP contribution in [0.4, 0.5) is 23.9 Å². The van der Waals surface area contributed by atoms with Crippen LogP contribution in [-0.4, -0.2) is 14.2 Å². The number of aromatic amines is 1. The van der Waals surface area contributed by atoms with Crippen LogP contribution in [-0.2, 0) is 6.18 Å². The molecule has 2 N–H and O–H groups in total. The molecule has 2 heterocycles. The van der Waals surface area contributed by atoms with E-state index in [9.17, 15) is 23.2 Å². The first-order chi connectivity index (χ1) is 13.4. The zero-order valence-electron chi connectivity index (χ0n) is 13.9. The molecule has 0 amide bonds. The first-order valence-corrected chi connectivity index (χ1v) is 8.69. The van der Waals surface area contributed by atoms with Crippen LogP contribution in [0.5, 0.6) is 0 Å². The minimum atomic E-state index is -4.57. The molecule has 0 saturated heterocycles. The molecular formula is C18H10F3N5OS. The van der Waals surface area contributed by atoms with Gasteiger partial charge in [0.25, 0.3) is 5.56 Å². The Kier molecular flexibility index (Phi) is 4.16. The highest BCUT2D eigenvalue weighted by atomic mass is 32.1. The Balaban J connectivity index is 1.81. The molecule has 2 aromatic carbocycles. The molecule has 0 spiro atoms. The number of alkyl halides is 3. The van der Waals surface area contributed by atoms with E-state index in [1.807, 2.05) is 0 Å². The molecule has 0 atom stereocenters. The second-order valence-corrected chi connectivity index (χ2v) is 6.77. The third-order valence-electron chi connectivity index (χ3n) is 4.06. The van der Waals surface area contributed by atoms with E-state index < -0.39 is 17.3 Å². The van der Waals surface area contributed by atoms with Gasteiger partial charge >= 0.3 is 6.18 Å². The van der Waals surface area contributed by atoms with Gasteiger partial charge in [-0.3, -0.25) is 9.89 Å². The minimum Gasteiger partial charge on any atom is -0.344 e. The van der Waals surface area contributed by atoms with Crippen molar-refractivity contribution in [1.82, 2.24) is 14.2 Å². The van der Waals surface area contributed by atoms with E-state index in [-0.39, 0.29) is 16.3 Å². The van der Waals surface area contributed by atoms with E-state index in [1.165, 1.54) is 22.2 Å². The molecule has 4 rings (SSSR count). The van der Waals surface area contributed by atoms with Crippen molar-refractivity contribution in [3.63, 3.8) is 0 Å². The first kappa shape index (κ1) is 17.8. The van der Waals surface area contributed by atoms with Crippen LogP contribution in [0.2, 0.25) is 0 Å². The summed E-state index contributed by atoms with van der Waals surface area (Å²) in [5.41, 5.74) is -0.725. The van der Waals surface area contributed by atoms with Crippen molar-refractivity contribution in [2.75, 3.05) is 5.32 Å². The standard InChI is InChI=1S/C18H10F3N5OS/c19-18(20,21)13-3-1-2-4-15(13)24-16-12(8-22)17(27)26(28-16)11-5-6-14-10(7-11)9-23-25-14/h1-7,9,24H,(H,23,25). The molecule has 28 heavy (non-hydrogen) atoms. The third-order valence-corrected chi connectivity index (χ3v) is 5.11. The molecule has 0 bridgehead atoms. The first-order valence-electron chi connectivity index (χ1n) is 7.91. The number of hydrogen-bond donors (Lipinski definition) is 2. The van der Waals surface area contributed by atoms with Crippen LogP contribution >= 0.6 is 11.5 Å². The lowest BCUT2D eigenvalue weighted by molar-refractivity contribution is -0.136. The van der Waals surface area contributed by atoms with Crippen molar-refractivity contribution in [2.45, 2.75) is 6.18 Å². The number of aromatic nitrogens is 3. The van der Waals surface area contributed by atoms with Gasteiger partial charge in [-0.1, -0.05) is 12.1 Å². The monoisotopic (exact) mass is 401 g/mol. The van der Waals surface area contributed by atoms with E-state index in [1.54, 1.807) is 30.5 Å². The van der Waals surface area contributed by atoms with Gasteiger partial charge in [0.1, 0.15) is 11.1 Å². The minimum absolute atomic E-state index is 0.0384. The third kappa shape index (κ3) is 3.01. The van der Waals surface area contributed by atoms with Gasteiger partial charge < -0.3 is 5.32 Å². The Hall–Kier alpha value is -3.58. The molecule has 0 aliphatic rings. The number of anilines is 2. The Bertz CT molecular complexity index is 1280. The number of para-hydroxylation sites is 1. The smallest absolute Gasteiger partial charge is 0.344 e. The van der Waals surface area contributed by atoms with Gasteiger partial charge in [-0.25, -0.2) is 3.96 Å². The van der Waals surface area contributed by atoms with Crippen molar-refractivity contribution in [1.29, 1.82) is 5.26 Å². The fourth-order valence-corrected chi connectivity index (χ4v) is 3.70. The highest BCUT2D eigenvalue weighted by Crippen LogP contribution is 2.37. The summed E-state index contributed by atoms with van der Waals surface area (Å²) in [7, 11) is 0. The summed E-state index contributed by atoms with van der Waals surface area (Å²) in [6.07, 6.45) is -2.99. The molecule has 10 heteroatoms. The van der Waals surface area contributed by atoms with Gasteiger partial charge in [-0.15, -0.1) is 0 Å². The van der Waals surface area contributed by atoms with Gasteiger partial charge in [-0.2, -0.15) is 23.5 Å². The van der Waals surface area contributed by atoms with Crippen molar-refractivity contribution < 1.29 is 13.2 Å². The number of rotatable bonds is 3. The van der Waals surface area contributed by atoms with Crippen LogP contribution in [0.25, 0.3) is 16.6 Å². The molecule has 4 aromatic rings. The molecule has 0 radical (unpaired) electrons. The maximum absolute atomic E-state index is 13.2. The number of fused-ring (bicyclic) bond motifs is 1. The summed E-state index contributed by atoms with van der Waals surface area (Å²) in [5, 5.41) is 19.5. The van der Waals surface area contributed by atoms with Gasteiger partial charge in [0, 0.05) is 5.39 Å². The predicted molar refractivity (Wildman–Crippen MR) is 99.0 cm³/mol. The van der Waals surface area contributed by atoms with Crippen LogP contribution in [0, 0.1) is 11.3 Å². The molecule has 140 valence electrons. The van der Waals surface area contributed by atoms with Crippen molar-refractivity contribution in [2.24, 2.45) is 0 Å². The number of nitrogens with zero attached hydrogens (tertiary/aromatic N) is 3. The van der Waals surface area contributed by atoms with E-state index in [0.717, 1.165) is 28.5 Å². The lowest BCUT2D eigenvalue weighted by Gasteiger charge is -2.13. The summed E-state index contributed by atoms with van der Waals surface area (Å²) in [4.78, 5) is 12.6. The van der Waals surface area contributed by atoms with Crippen LogP contribution < -0.4 is 10.9 Å². The van der Waals surface area contributed by atoms with Crippen LogP contribution in [0.15, 0.2) is 53.5 Å². The molecule has 0 saturated carbocycles. The number of H-pyrrole nitrogens is 1. The quantitative estimate of drug-likeness (QED) is 0.532. The average Bonchev–Trinajstić information content (AvgIpc) is 3.24. The lowest BCUT2D eigenvalue weighted by Crippen LogP contribution is -2.13. The number of hydrogen-bond acceptors (Lipinski definition) is 5. The normalized spacial score (nSPS) is 11.5. The Morgan fingerprint density at radius 2 is 2.00 bits per heavy atom. The molecular weight excluding hydrogens is 391 g/mol. The zero-order valence-corrected chi connectivity index (χ0v) is 14.7. The topological polar surface area (TPSA) is 86.5 Å². The summed E-state index contributed by atoms with van der Waals surface area (Å²) in [6.45, 7) is 0. The molecule has 0 aliphatic heterocycles. The summed E-state index contributed by atoms with van der Waals surface area (Å²) < 4.78 is 40.9. The zero-order chi connectivity index (χ0) is 19.9. The second-order valence-electron chi connectivity index (χ2n) is 5.82. The Morgan fingerprint density at radius 1 is 1.21 bits per heavy atom. The fraction of sp³-hybridized carbons (Fsp3) is 0.0556. The van der Waals surface area contributed by atoms with E-state index in [2.05, 4.69) is 15.5 Å². The van der Waals surface area contributed by atoms with Gasteiger partial charge in [0.05, 0.1) is 28.7 Å².